The van der Waals surface area contributed by atoms with E-state index < -0.39 is 0 Å². The molecular formula is C20H18N4O2. The number of aromatic nitrogens is 3. The van der Waals surface area contributed by atoms with Crippen molar-refractivity contribution in [3.05, 3.63) is 76.8 Å². The average molecular weight is 346 g/mol. The third kappa shape index (κ3) is 3.13. The maximum Gasteiger partial charge on any atom is 0.255 e. The third-order valence-corrected chi connectivity index (χ3v) is 4.52. The van der Waals surface area contributed by atoms with E-state index in [1.807, 2.05) is 30.3 Å². The van der Waals surface area contributed by atoms with E-state index in [0.717, 1.165) is 11.1 Å². The fraction of sp³-hybridized carbons (Fsp3) is 0.200. The number of benzene rings is 1. The Hall–Kier alpha value is -3.28. The minimum atomic E-state index is -0.139. The number of carbonyl (C=O) groups excluding carboxylic acids is 1. The predicted octanol–water partition coefficient (Wildman–Crippen LogP) is 2.28. The molecule has 2 aromatic heterocycles. The van der Waals surface area contributed by atoms with Gasteiger partial charge in [-0.15, -0.1) is 0 Å². The molecule has 0 saturated heterocycles. The van der Waals surface area contributed by atoms with Crippen LogP contribution in [0.2, 0.25) is 0 Å². The first-order valence-corrected chi connectivity index (χ1v) is 8.59. The lowest BCUT2D eigenvalue weighted by molar-refractivity contribution is -0.118. The normalized spacial score (nSPS) is 12.8. The van der Waals surface area contributed by atoms with Gasteiger partial charge < -0.3 is 0 Å². The van der Waals surface area contributed by atoms with Gasteiger partial charge in [0, 0.05) is 43.5 Å². The molecule has 1 aliphatic rings. The van der Waals surface area contributed by atoms with Gasteiger partial charge in [0.15, 0.2) is 0 Å². The minimum Gasteiger partial charge on any atom is -0.280 e. The zero-order valence-electron chi connectivity index (χ0n) is 14.2. The first-order chi connectivity index (χ1) is 12.7. The molecule has 0 fully saturated rings. The topological polar surface area (TPSA) is 68.1 Å². The van der Waals surface area contributed by atoms with E-state index in [2.05, 4.69) is 9.97 Å². The predicted molar refractivity (Wildman–Crippen MR) is 98.8 cm³/mol. The number of anilines is 1. The number of pyridine rings is 1. The van der Waals surface area contributed by atoms with Crippen LogP contribution < -0.4 is 10.5 Å². The maximum absolute atomic E-state index is 12.7. The summed E-state index contributed by atoms with van der Waals surface area (Å²) in [5, 5.41) is 0. The van der Waals surface area contributed by atoms with Crippen LogP contribution >= 0.6 is 0 Å². The molecule has 4 rings (SSSR count). The van der Waals surface area contributed by atoms with E-state index in [4.69, 9.17) is 0 Å². The van der Waals surface area contributed by atoms with E-state index in [9.17, 15) is 9.59 Å². The summed E-state index contributed by atoms with van der Waals surface area (Å²) in [4.78, 5) is 35.3. The lowest BCUT2D eigenvalue weighted by Crippen LogP contribution is -2.30. The van der Waals surface area contributed by atoms with Crippen molar-refractivity contribution in [1.82, 2.24) is 14.5 Å². The van der Waals surface area contributed by atoms with Gasteiger partial charge in [0.1, 0.15) is 0 Å². The van der Waals surface area contributed by atoms with Crippen molar-refractivity contribution < 1.29 is 4.79 Å². The van der Waals surface area contributed by atoms with Gasteiger partial charge >= 0.3 is 0 Å². The van der Waals surface area contributed by atoms with Crippen LogP contribution in [-0.4, -0.2) is 27.0 Å². The molecular weight excluding hydrogens is 328 g/mol. The molecule has 0 atom stereocenters. The van der Waals surface area contributed by atoms with Gasteiger partial charge in [0.05, 0.1) is 5.69 Å². The third-order valence-electron chi connectivity index (χ3n) is 4.52. The van der Waals surface area contributed by atoms with Crippen molar-refractivity contribution in [1.29, 1.82) is 0 Å². The second-order valence-electron chi connectivity index (χ2n) is 6.20. The van der Waals surface area contributed by atoms with E-state index in [1.165, 1.54) is 6.07 Å². The average Bonchev–Trinajstić information content (AvgIpc) is 3.12. The summed E-state index contributed by atoms with van der Waals surface area (Å²) in [5.74, 6) is 0.418. The molecule has 0 radical (unpaired) electrons. The number of hydrogen-bond donors (Lipinski definition) is 0. The molecule has 6 heteroatoms. The van der Waals surface area contributed by atoms with Crippen molar-refractivity contribution in [2.75, 3.05) is 11.4 Å². The number of amides is 1. The molecule has 1 aliphatic heterocycles. The maximum atomic E-state index is 12.7. The molecule has 0 bridgehead atoms. The Labute approximate surface area is 150 Å². The van der Waals surface area contributed by atoms with Crippen LogP contribution in [0.3, 0.4) is 0 Å². The summed E-state index contributed by atoms with van der Waals surface area (Å²) < 4.78 is 1.56. The summed E-state index contributed by atoms with van der Waals surface area (Å²) in [6.07, 6.45) is 4.37. The highest BCUT2D eigenvalue weighted by Gasteiger charge is 2.27. The Morgan fingerprint density at radius 1 is 1.04 bits per heavy atom. The van der Waals surface area contributed by atoms with Gasteiger partial charge in [-0.05, 0) is 24.1 Å². The van der Waals surface area contributed by atoms with Crippen LogP contribution in [0.15, 0.2) is 65.7 Å². The lowest BCUT2D eigenvalue weighted by Gasteiger charge is -2.16. The van der Waals surface area contributed by atoms with Crippen LogP contribution in [0.5, 0.6) is 0 Å². The number of aryl methyl sites for hydroxylation is 1. The molecule has 3 aromatic rings. The summed E-state index contributed by atoms with van der Waals surface area (Å²) in [6, 6.07) is 15.0. The van der Waals surface area contributed by atoms with E-state index in [1.54, 1.807) is 34.0 Å². The van der Waals surface area contributed by atoms with Crippen molar-refractivity contribution >= 4 is 11.9 Å². The number of fused-ring (bicyclic) bond motifs is 1. The summed E-state index contributed by atoms with van der Waals surface area (Å²) in [5.41, 5.74) is 2.35. The summed E-state index contributed by atoms with van der Waals surface area (Å²) >= 11 is 0. The molecule has 0 saturated carbocycles. The molecule has 26 heavy (non-hydrogen) atoms. The van der Waals surface area contributed by atoms with Gasteiger partial charge in [0.2, 0.25) is 11.9 Å². The number of nitrogens with zero attached hydrogens (tertiary/aromatic N) is 4. The Morgan fingerprint density at radius 3 is 2.58 bits per heavy atom. The Kier molecular flexibility index (Phi) is 4.31. The van der Waals surface area contributed by atoms with Crippen molar-refractivity contribution in [3.63, 3.8) is 0 Å². The van der Waals surface area contributed by atoms with Crippen LogP contribution in [-0.2, 0) is 17.8 Å². The Bertz CT molecular complexity index is 984. The quantitative estimate of drug-likeness (QED) is 0.727. The van der Waals surface area contributed by atoms with E-state index in [0.29, 0.717) is 37.6 Å². The highest BCUT2D eigenvalue weighted by Crippen LogP contribution is 2.22. The van der Waals surface area contributed by atoms with Gasteiger partial charge in [-0.1, -0.05) is 30.3 Å². The second kappa shape index (κ2) is 6.92. The standard InChI is InChI=1S/C20H18N4O2/c25-18(7-6-15-4-2-1-3-5-15)23-12-13-24-19(26)14-17(22-20(23)24)16-8-10-21-11-9-16/h1-5,8-11,14H,6-7,12-13H2. The van der Waals surface area contributed by atoms with E-state index >= 15 is 0 Å². The van der Waals surface area contributed by atoms with Crippen LogP contribution in [0.1, 0.15) is 12.0 Å². The van der Waals surface area contributed by atoms with Crippen molar-refractivity contribution in [2.45, 2.75) is 19.4 Å². The second-order valence-corrected chi connectivity index (χ2v) is 6.20. The summed E-state index contributed by atoms with van der Waals surface area (Å²) in [7, 11) is 0. The smallest absolute Gasteiger partial charge is 0.255 e. The highest BCUT2D eigenvalue weighted by atomic mass is 16.2. The Balaban J connectivity index is 1.59. The van der Waals surface area contributed by atoms with Crippen LogP contribution in [0.4, 0.5) is 5.95 Å². The number of rotatable bonds is 4. The van der Waals surface area contributed by atoms with Gasteiger partial charge in [0.25, 0.3) is 5.56 Å². The van der Waals surface area contributed by atoms with Gasteiger partial charge in [-0.3, -0.25) is 24.0 Å². The molecule has 3 heterocycles. The van der Waals surface area contributed by atoms with Crippen LogP contribution in [0.25, 0.3) is 11.3 Å². The molecule has 0 aliphatic carbocycles. The fourth-order valence-electron chi connectivity index (χ4n) is 3.15. The fourth-order valence-corrected chi connectivity index (χ4v) is 3.15. The van der Waals surface area contributed by atoms with Crippen molar-refractivity contribution in [3.8, 4) is 11.3 Å². The molecule has 0 unspecified atom stereocenters. The molecule has 1 aromatic carbocycles. The number of carbonyl (C=O) groups is 1. The lowest BCUT2D eigenvalue weighted by atomic mass is 10.1. The number of hydrogen-bond acceptors (Lipinski definition) is 4. The van der Waals surface area contributed by atoms with Gasteiger partial charge in [-0.25, -0.2) is 4.98 Å². The minimum absolute atomic E-state index is 0.0149. The first kappa shape index (κ1) is 16.2. The largest absolute Gasteiger partial charge is 0.280 e. The molecule has 6 nitrogen and oxygen atoms in total. The van der Waals surface area contributed by atoms with E-state index in [-0.39, 0.29) is 11.5 Å². The SMILES string of the molecule is O=C(CCc1ccccc1)N1CCn2c1nc(-c1ccncc1)cc2=O. The summed E-state index contributed by atoms with van der Waals surface area (Å²) in [6.45, 7) is 0.963. The van der Waals surface area contributed by atoms with Crippen molar-refractivity contribution in [2.24, 2.45) is 0 Å². The highest BCUT2D eigenvalue weighted by molar-refractivity contribution is 5.92. The zero-order valence-corrected chi connectivity index (χ0v) is 14.2. The molecule has 1 amide bonds. The molecule has 130 valence electrons. The zero-order chi connectivity index (χ0) is 17.9. The molecule has 0 spiro atoms. The monoisotopic (exact) mass is 346 g/mol. The molecule has 0 N–H and O–H groups in total. The van der Waals surface area contributed by atoms with Gasteiger partial charge in [-0.2, -0.15) is 0 Å². The first-order valence-electron chi connectivity index (χ1n) is 8.59. The Morgan fingerprint density at radius 2 is 1.81 bits per heavy atom. The van der Waals surface area contributed by atoms with Crippen LogP contribution in [0, 0.1) is 0 Å².